The van der Waals surface area contributed by atoms with Crippen LogP contribution in [-0.4, -0.2) is 23.3 Å². The molecule has 1 aliphatic heterocycles. The minimum absolute atomic E-state index is 0.133. The standard InChI is InChI=1S/C10H16N2O2/c1-3-5-6-12-9(13)7(4-2)8(11)10(12)14/h3-6,11H2,1-2H3. The van der Waals surface area contributed by atoms with E-state index in [0.29, 0.717) is 18.5 Å². The molecule has 0 aromatic heterocycles. The minimum Gasteiger partial charge on any atom is -0.394 e. The van der Waals surface area contributed by atoms with E-state index in [0.717, 1.165) is 12.8 Å². The molecule has 0 bridgehead atoms. The highest BCUT2D eigenvalue weighted by Gasteiger charge is 2.34. The molecule has 0 radical (unpaired) electrons. The van der Waals surface area contributed by atoms with Gasteiger partial charge in [-0.25, -0.2) is 0 Å². The van der Waals surface area contributed by atoms with Gasteiger partial charge in [0.25, 0.3) is 11.8 Å². The number of hydrogen-bond donors (Lipinski definition) is 1. The van der Waals surface area contributed by atoms with Gasteiger partial charge in [-0.1, -0.05) is 20.3 Å². The van der Waals surface area contributed by atoms with E-state index in [1.165, 1.54) is 4.90 Å². The number of amides is 2. The lowest BCUT2D eigenvalue weighted by Gasteiger charge is -2.13. The molecule has 0 saturated carbocycles. The molecular weight excluding hydrogens is 180 g/mol. The third kappa shape index (κ3) is 1.64. The molecule has 0 aliphatic carbocycles. The van der Waals surface area contributed by atoms with Crippen LogP contribution in [0.15, 0.2) is 11.3 Å². The number of carbonyl (C=O) groups is 2. The summed E-state index contributed by atoms with van der Waals surface area (Å²) in [5.74, 6) is -0.524. The van der Waals surface area contributed by atoms with Gasteiger partial charge < -0.3 is 5.73 Å². The Bertz CT molecular complexity index is 294. The fourth-order valence-corrected chi connectivity index (χ4v) is 1.51. The van der Waals surface area contributed by atoms with E-state index in [4.69, 9.17) is 5.73 Å². The van der Waals surface area contributed by atoms with E-state index in [2.05, 4.69) is 0 Å². The Morgan fingerprint density at radius 1 is 1.21 bits per heavy atom. The van der Waals surface area contributed by atoms with Crippen LogP contribution in [0.5, 0.6) is 0 Å². The maximum absolute atomic E-state index is 11.6. The van der Waals surface area contributed by atoms with E-state index in [-0.39, 0.29) is 17.5 Å². The maximum atomic E-state index is 11.6. The van der Waals surface area contributed by atoms with Gasteiger partial charge >= 0.3 is 0 Å². The highest BCUT2D eigenvalue weighted by atomic mass is 16.2. The van der Waals surface area contributed by atoms with Crippen LogP contribution < -0.4 is 5.73 Å². The van der Waals surface area contributed by atoms with Gasteiger partial charge in [0.1, 0.15) is 5.70 Å². The predicted molar refractivity (Wildman–Crippen MR) is 53.1 cm³/mol. The average Bonchev–Trinajstić information content (AvgIpc) is 2.37. The Morgan fingerprint density at radius 2 is 1.86 bits per heavy atom. The largest absolute Gasteiger partial charge is 0.394 e. The number of rotatable bonds is 4. The Hall–Kier alpha value is -1.32. The quantitative estimate of drug-likeness (QED) is 0.676. The highest BCUT2D eigenvalue weighted by Crippen LogP contribution is 2.19. The van der Waals surface area contributed by atoms with Crippen LogP contribution in [0.25, 0.3) is 0 Å². The summed E-state index contributed by atoms with van der Waals surface area (Å²) >= 11 is 0. The number of imide groups is 1. The average molecular weight is 196 g/mol. The Labute approximate surface area is 83.8 Å². The number of nitrogens with zero attached hydrogens (tertiary/aromatic N) is 1. The summed E-state index contributed by atoms with van der Waals surface area (Å²) in [6, 6.07) is 0. The summed E-state index contributed by atoms with van der Waals surface area (Å²) in [4.78, 5) is 24.4. The third-order valence-corrected chi connectivity index (χ3v) is 2.39. The molecule has 2 amide bonds. The molecule has 14 heavy (non-hydrogen) atoms. The monoisotopic (exact) mass is 196 g/mol. The van der Waals surface area contributed by atoms with Crippen LogP contribution in [0.4, 0.5) is 0 Å². The van der Waals surface area contributed by atoms with Gasteiger partial charge in [0.2, 0.25) is 0 Å². The van der Waals surface area contributed by atoms with Crippen LogP contribution >= 0.6 is 0 Å². The van der Waals surface area contributed by atoms with Crippen molar-refractivity contribution in [3.63, 3.8) is 0 Å². The Morgan fingerprint density at radius 3 is 2.29 bits per heavy atom. The second kappa shape index (κ2) is 4.26. The number of hydrogen-bond acceptors (Lipinski definition) is 3. The van der Waals surface area contributed by atoms with Crippen molar-refractivity contribution in [1.82, 2.24) is 4.90 Å². The van der Waals surface area contributed by atoms with Crippen LogP contribution in [-0.2, 0) is 9.59 Å². The van der Waals surface area contributed by atoms with Crippen molar-refractivity contribution in [3.05, 3.63) is 11.3 Å². The SMILES string of the molecule is CCCCN1C(=O)C(N)=C(CC)C1=O. The van der Waals surface area contributed by atoms with E-state index < -0.39 is 0 Å². The molecule has 4 nitrogen and oxygen atoms in total. The third-order valence-electron chi connectivity index (χ3n) is 2.39. The number of unbranched alkanes of at least 4 members (excludes halogenated alkanes) is 1. The summed E-state index contributed by atoms with van der Waals surface area (Å²) in [7, 11) is 0. The van der Waals surface area contributed by atoms with E-state index in [1.54, 1.807) is 0 Å². The minimum atomic E-state index is -0.319. The smallest absolute Gasteiger partial charge is 0.277 e. The lowest BCUT2D eigenvalue weighted by atomic mass is 10.2. The van der Waals surface area contributed by atoms with Crippen LogP contribution in [0.1, 0.15) is 33.1 Å². The van der Waals surface area contributed by atoms with E-state index in [9.17, 15) is 9.59 Å². The van der Waals surface area contributed by atoms with Gasteiger partial charge in [0, 0.05) is 12.1 Å². The summed E-state index contributed by atoms with van der Waals surface area (Å²) in [6.07, 6.45) is 2.32. The van der Waals surface area contributed by atoms with Crippen molar-refractivity contribution in [2.24, 2.45) is 5.73 Å². The van der Waals surface area contributed by atoms with Crippen molar-refractivity contribution in [2.75, 3.05) is 6.54 Å². The fraction of sp³-hybridized carbons (Fsp3) is 0.600. The van der Waals surface area contributed by atoms with Crippen LogP contribution in [0.2, 0.25) is 0 Å². The molecule has 2 N–H and O–H groups in total. The molecule has 0 unspecified atom stereocenters. The first-order chi connectivity index (χ1) is 6.63. The first kappa shape index (κ1) is 10.8. The first-order valence-corrected chi connectivity index (χ1v) is 4.98. The molecule has 0 fully saturated rings. The van der Waals surface area contributed by atoms with Gasteiger partial charge in [-0.2, -0.15) is 0 Å². The molecule has 0 spiro atoms. The molecule has 78 valence electrons. The molecule has 0 atom stereocenters. The van der Waals surface area contributed by atoms with Crippen molar-refractivity contribution in [2.45, 2.75) is 33.1 Å². The summed E-state index contributed by atoms with van der Waals surface area (Å²) in [5, 5.41) is 0. The molecule has 0 saturated heterocycles. The molecular formula is C10H16N2O2. The zero-order valence-corrected chi connectivity index (χ0v) is 8.67. The maximum Gasteiger partial charge on any atom is 0.277 e. The summed E-state index contributed by atoms with van der Waals surface area (Å²) < 4.78 is 0. The van der Waals surface area contributed by atoms with Gasteiger partial charge in [0.15, 0.2) is 0 Å². The van der Waals surface area contributed by atoms with Gasteiger partial charge in [-0.05, 0) is 12.8 Å². The lowest BCUT2D eigenvalue weighted by Crippen LogP contribution is -2.33. The number of carbonyl (C=O) groups excluding carboxylic acids is 2. The van der Waals surface area contributed by atoms with Gasteiger partial charge in [-0.3, -0.25) is 14.5 Å². The van der Waals surface area contributed by atoms with Crippen molar-refractivity contribution < 1.29 is 9.59 Å². The topological polar surface area (TPSA) is 63.4 Å². The second-order valence-electron chi connectivity index (χ2n) is 3.36. The van der Waals surface area contributed by atoms with Gasteiger partial charge in [-0.15, -0.1) is 0 Å². The molecule has 0 aromatic rings. The van der Waals surface area contributed by atoms with Gasteiger partial charge in [0.05, 0.1) is 0 Å². The van der Waals surface area contributed by atoms with Crippen molar-refractivity contribution >= 4 is 11.8 Å². The number of nitrogens with two attached hydrogens (primary N) is 1. The predicted octanol–water partition coefficient (Wildman–Crippen LogP) is 0.778. The zero-order valence-electron chi connectivity index (χ0n) is 8.67. The molecule has 4 heteroatoms. The fourth-order valence-electron chi connectivity index (χ4n) is 1.51. The van der Waals surface area contributed by atoms with E-state index >= 15 is 0 Å². The Kier molecular flexibility index (Phi) is 3.28. The van der Waals surface area contributed by atoms with Crippen LogP contribution in [0, 0.1) is 0 Å². The van der Waals surface area contributed by atoms with Crippen molar-refractivity contribution in [3.8, 4) is 0 Å². The zero-order chi connectivity index (χ0) is 10.7. The molecule has 1 aliphatic rings. The summed E-state index contributed by atoms with van der Waals surface area (Å²) in [6.45, 7) is 4.33. The van der Waals surface area contributed by atoms with Crippen LogP contribution in [0.3, 0.4) is 0 Å². The van der Waals surface area contributed by atoms with Crippen molar-refractivity contribution in [1.29, 1.82) is 0 Å². The van der Waals surface area contributed by atoms with E-state index in [1.807, 2.05) is 13.8 Å². The lowest BCUT2D eigenvalue weighted by molar-refractivity contribution is -0.137. The normalized spacial score (nSPS) is 17.1. The second-order valence-corrected chi connectivity index (χ2v) is 3.36. The molecule has 0 aromatic carbocycles. The molecule has 1 rings (SSSR count). The molecule has 1 heterocycles. The first-order valence-electron chi connectivity index (χ1n) is 4.98. The summed E-state index contributed by atoms with van der Waals surface area (Å²) in [5.41, 5.74) is 6.15. The Balaban J connectivity index is 2.78. The highest BCUT2D eigenvalue weighted by molar-refractivity contribution is 6.18.